The first-order valence-electron chi connectivity index (χ1n) is 20.3. The molecule has 1 aliphatic carbocycles. The lowest BCUT2D eigenvalue weighted by atomic mass is 9.95. The van der Waals surface area contributed by atoms with E-state index in [-0.39, 0.29) is 35.7 Å². The van der Waals surface area contributed by atoms with Crippen LogP contribution in [0.15, 0.2) is 42.6 Å². The summed E-state index contributed by atoms with van der Waals surface area (Å²) >= 11 is 0. The number of aryl methyl sites for hydroxylation is 2. The lowest BCUT2D eigenvalue weighted by molar-refractivity contribution is -0.136. The number of likely N-dealkylation sites (tertiary alicyclic amines) is 2. The maximum atomic E-state index is 15.9. The molecule has 3 aliphatic rings. The van der Waals surface area contributed by atoms with E-state index in [1.807, 2.05) is 44.7 Å². The molecular weight excluding hydrogens is 744 g/mol. The lowest BCUT2D eigenvalue weighted by Gasteiger charge is -2.30. The number of hydrogen-bond donors (Lipinski definition) is 4. The highest BCUT2D eigenvalue weighted by Gasteiger charge is 2.39. The zero-order valence-corrected chi connectivity index (χ0v) is 34.0. The molecule has 2 fully saturated rings. The molecule has 4 atom stereocenters. The van der Waals surface area contributed by atoms with E-state index in [1.165, 1.54) is 20.3 Å². The summed E-state index contributed by atoms with van der Waals surface area (Å²) < 4.78 is 25.5. The summed E-state index contributed by atoms with van der Waals surface area (Å²) in [5.74, 6) is 0.274. The number of benzene rings is 2. The number of nitrogens with zero attached hydrogens (tertiary/aromatic N) is 4. The minimum Gasteiger partial charge on any atom is -0.453 e. The van der Waals surface area contributed by atoms with Gasteiger partial charge in [-0.1, -0.05) is 52.0 Å². The highest BCUT2D eigenvalue weighted by molar-refractivity contribution is 5.87. The molecule has 2 aromatic carbocycles. The molecule has 4 amide bonds. The Morgan fingerprint density at radius 2 is 1.33 bits per heavy atom. The fraction of sp³-hybridized carbons (Fsp3) is 0.488. The van der Waals surface area contributed by atoms with E-state index in [0.29, 0.717) is 36.6 Å². The Labute approximate surface area is 337 Å². The average Bonchev–Trinajstić information content (AvgIpc) is 4.04. The van der Waals surface area contributed by atoms with Crippen LogP contribution < -0.4 is 10.6 Å². The molecule has 0 radical (unpaired) electrons. The highest BCUT2D eigenvalue weighted by atomic mass is 19.1. The Hall–Kier alpha value is -5.73. The number of H-pyrrole nitrogens is 2. The summed E-state index contributed by atoms with van der Waals surface area (Å²) in [5.41, 5.74) is 6.55. The van der Waals surface area contributed by atoms with Crippen LogP contribution in [0.2, 0.25) is 0 Å². The topological polar surface area (TPSA) is 175 Å². The molecule has 308 valence electrons. The Balaban J connectivity index is 1.08. The molecule has 0 spiro atoms. The van der Waals surface area contributed by atoms with Crippen molar-refractivity contribution in [2.45, 2.75) is 96.8 Å². The zero-order valence-electron chi connectivity index (χ0n) is 34.0. The highest BCUT2D eigenvalue weighted by Crippen LogP contribution is 2.39. The van der Waals surface area contributed by atoms with E-state index in [2.05, 4.69) is 37.7 Å². The van der Waals surface area contributed by atoms with Crippen LogP contribution in [0.5, 0.6) is 0 Å². The van der Waals surface area contributed by atoms with Gasteiger partial charge in [0.15, 0.2) is 0 Å². The number of amides is 4. The number of carbonyl (C=O) groups is 4. The molecule has 7 rings (SSSR count). The summed E-state index contributed by atoms with van der Waals surface area (Å²) in [6.07, 6.45) is 5.90. The number of aromatic nitrogens is 4. The zero-order chi connectivity index (χ0) is 41.2. The van der Waals surface area contributed by atoms with Gasteiger partial charge in [-0.25, -0.2) is 23.9 Å². The van der Waals surface area contributed by atoms with E-state index in [1.54, 1.807) is 17.2 Å². The molecule has 4 heterocycles. The van der Waals surface area contributed by atoms with Crippen LogP contribution in [0.4, 0.5) is 14.0 Å². The molecule has 14 nitrogen and oxygen atoms in total. The Kier molecular flexibility index (Phi) is 11.9. The number of rotatable bonds is 10. The first kappa shape index (κ1) is 40.5. The van der Waals surface area contributed by atoms with Gasteiger partial charge in [-0.15, -0.1) is 0 Å². The number of carbonyl (C=O) groups excluding carboxylic acids is 4. The van der Waals surface area contributed by atoms with Crippen molar-refractivity contribution in [3.05, 3.63) is 71.3 Å². The quantitative estimate of drug-likeness (QED) is 0.135. The van der Waals surface area contributed by atoms with Crippen LogP contribution in [0.1, 0.15) is 94.8 Å². The normalized spacial score (nSPS) is 18.7. The smallest absolute Gasteiger partial charge is 0.407 e. The van der Waals surface area contributed by atoms with Gasteiger partial charge < -0.3 is 39.9 Å². The Morgan fingerprint density at radius 3 is 1.90 bits per heavy atom. The molecular formula is C43H53FN8O6. The van der Waals surface area contributed by atoms with Crippen molar-refractivity contribution in [2.24, 2.45) is 11.8 Å². The molecule has 0 bridgehead atoms. The van der Waals surface area contributed by atoms with Crippen molar-refractivity contribution < 1.29 is 33.0 Å². The Bertz CT molecular complexity index is 2180. The maximum Gasteiger partial charge on any atom is 0.407 e. The maximum absolute atomic E-state index is 15.9. The standard InChI is InChI=1S/C43H53FN8O6/c1-23(2)35(49-42(55)57-5)40(53)51-18-8-12-33(51)38-45-22-32(47-38)29-17-15-26(21-30(29)44)25-14-16-28-27(20-25)10-7-11-31-37(28)48-39(46-31)34-13-9-19-52(34)41(54)36(24(3)4)50-43(56)58-6/h14-17,20-24,33-36H,7-13,18-19H2,1-6H3,(H,45,47)(H,46,48)(H,49,55)(H,50,56)/t33-,34-,35-,36-/m0/s1. The molecule has 4 aromatic rings. The molecule has 58 heavy (non-hydrogen) atoms. The first-order chi connectivity index (χ1) is 27.9. The number of halogens is 1. The molecule has 4 N–H and O–H groups in total. The minimum absolute atomic E-state index is 0.125. The van der Waals surface area contributed by atoms with E-state index in [0.717, 1.165) is 78.0 Å². The SMILES string of the molecule is COC(=O)N[C@H](C(=O)N1CCC[C@H]1c1ncc(-c2ccc(-c3ccc4c(c3)CCCc3[nH]c([C@@H]5CCCN5C(=O)[C@@H](NC(=O)OC)C(C)C)nc3-4)cc2F)[nH]1)C(C)C. The van der Waals surface area contributed by atoms with Crippen molar-refractivity contribution in [3.63, 3.8) is 0 Å². The predicted molar refractivity (Wildman–Crippen MR) is 215 cm³/mol. The lowest BCUT2D eigenvalue weighted by Crippen LogP contribution is -2.51. The van der Waals surface area contributed by atoms with Crippen molar-refractivity contribution in [1.82, 2.24) is 40.4 Å². The van der Waals surface area contributed by atoms with Crippen LogP contribution in [0, 0.1) is 17.7 Å². The molecule has 2 saturated heterocycles. The van der Waals surface area contributed by atoms with Gasteiger partial charge in [-0.3, -0.25) is 9.59 Å². The third-order valence-electron chi connectivity index (χ3n) is 11.7. The molecule has 2 aliphatic heterocycles. The van der Waals surface area contributed by atoms with Gasteiger partial charge in [0.2, 0.25) is 11.8 Å². The second-order valence-corrected chi connectivity index (χ2v) is 16.1. The third-order valence-corrected chi connectivity index (χ3v) is 11.7. The van der Waals surface area contributed by atoms with Gasteiger partial charge >= 0.3 is 12.2 Å². The van der Waals surface area contributed by atoms with Crippen molar-refractivity contribution in [1.29, 1.82) is 0 Å². The third kappa shape index (κ3) is 8.03. The fourth-order valence-electron chi connectivity index (χ4n) is 8.60. The summed E-state index contributed by atoms with van der Waals surface area (Å²) in [6, 6.07) is 9.32. The second kappa shape index (κ2) is 17.0. The number of ether oxygens (including phenoxy) is 2. The predicted octanol–water partition coefficient (Wildman–Crippen LogP) is 6.85. The van der Waals surface area contributed by atoms with Crippen LogP contribution in [-0.2, 0) is 31.9 Å². The largest absolute Gasteiger partial charge is 0.453 e. The monoisotopic (exact) mass is 796 g/mol. The number of aromatic amines is 2. The van der Waals surface area contributed by atoms with E-state index < -0.39 is 30.1 Å². The van der Waals surface area contributed by atoms with Crippen molar-refractivity contribution in [3.8, 4) is 33.6 Å². The average molecular weight is 797 g/mol. The van der Waals surface area contributed by atoms with Gasteiger partial charge in [-0.2, -0.15) is 0 Å². The van der Waals surface area contributed by atoms with Gasteiger partial charge in [-0.05, 0) is 85.6 Å². The molecule has 2 aromatic heterocycles. The van der Waals surface area contributed by atoms with E-state index >= 15 is 4.39 Å². The molecule has 0 saturated carbocycles. The minimum atomic E-state index is -0.749. The summed E-state index contributed by atoms with van der Waals surface area (Å²) in [6.45, 7) is 8.63. The van der Waals surface area contributed by atoms with Gasteiger partial charge in [0.05, 0.1) is 43.9 Å². The molecule has 0 unspecified atom stereocenters. The van der Waals surface area contributed by atoms with Gasteiger partial charge in [0.1, 0.15) is 29.5 Å². The molecule has 15 heteroatoms. The number of alkyl carbamates (subject to hydrolysis) is 2. The summed E-state index contributed by atoms with van der Waals surface area (Å²) in [4.78, 5) is 71.4. The van der Waals surface area contributed by atoms with Gasteiger partial charge in [0.25, 0.3) is 0 Å². The van der Waals surface area contributed by atoms with Crippen LogP contribution in [0.25, 0.3) is 33.6 Å². The number of nitrogens with one attached hydrogen (secondary N) is 4. The summed E-state index contributed by atoms with van der Waals surface area (Å²) in [7, 11) is 2.55. The van der Waals surface area contributed by atoms with E-state index in [4.69, 9.17) is 14.5 Å². The van der Waals surface area contributed by atoms with Crippen molar-refractivity contribution >= 4 is 24.0 Å². The van der Waals surface area contributed by atoms with Gasteiger partial charge in [0, 0.05) is 29.9 Å². The number of imidazole rings is 2. The Morgan fingerprint density at radius 1 is 0.759 bits per heavy atom. The first-order valence-corrected chi connectivity index (χ1v) is 20.3. The van der Waals surface area contributed by atoms with Crippen molar-refractivity contribution in [2.75, 3.05) is 27.3 Å². The van der Waals surface area contributed by atoms with E-state index in [9.17, 15) is 19.2 Å². The number of hydrogen-bond acceptors (Lipinski definition) is 8. The summed E-state index contributed by atoms with van der Waals surface area (Å²) in [5, 5.41) is 5.37. The second-order valence-electron chi connectivity index (χ2n) is 16.1. The van der Waals surface area contributed by atoms with Crippen LogP contribution >= 0.6 is 0 Å². The fourth-order valence-corrected chi connectivity index (χ4v) is 8.60. The number of fused-ring (bicyclic) bond motifs is 3. The van der Waals surface area contributed by atoms with Crippen LogP contribution in [-0.4, -0.2) is 93.1 Å². The van der Waals surface area contributed by atoms with Crippen LogP contribution in [0.3, 0.4) is 0 Å². The number of methoxy groups -OCH3 is 2.